The lowest BCUT2D eigenvalue weighted by atomic mass is 10.1. The first-order valence-corrected chi connectivity index (χ1v) is 10.2. The number of piperidine rings is 1. The fourth-order valence-corrected chi connectivity index (χ4v) is 3.59. The number of halogens is 2. The number of likely N-dealkylation sites (tertiary alicyclic amines) is 1. The van der Waals surface area contributed by atoms with Gasteiger partial charge in [-0.1, -0.05) is 41.9 Å². The molecular weight excluding hydrogens is 393 g/mol. The van der Waals surface area contributed by atoms with Crippen molar-refractivity contribution in [3.8, 4) is 5.75 Å². The lowest BCUT2D eigenvalue weighted by Crippen LogP contribution is -2.40. The van der Waals surface area contributed by atoms with Crippen molar-refractivity contribution in [1.29, 1.82) is 0 Å². The standard InChI is InChI=1S/C23H27ClFNO3/c1-23(2,3)29-22(27)18-12-19(24)21(13-20(18)25)28-17-10-7-11-26(15-17)14-16-8-5-4-6-9-16/h4-6,8-9,12-13,17H,7,10-11,14-15H2,1-3H3/t17-/m1/s1. The van der Waals surface area contributed by atoms with Crippen molar-refractivity contribution in [2.24, 2.45) is 0 Å². The largest absolute Gasteiger partial charge is 0.487 e. The van der Waals surface area contributed by atoms with Gasteiger partial charge in [0.15, 0.2) is 0 Å². The summed E-state index contributed by atoms with van der Waals surface area (Å²) in [5.41, 5.74) is 0.348. The van der Waals surface area contributed by atoms with E-state index in [0.29, 0.717) is 0 Å². The molecule has 0 N–H and O–H groups in total. The zero-order chi connectivity index (χ0) is 21.0. The first kappa shape index (κ1) is 21.6. The van der Waals surface area contributed by atoms with Crippen LogP contribution in [-0.2, 0) is 11.3 Å². The number of ether oxygens (including phenoxy) is 2. The number of nitrogens with zero attached hydrogens (tertiary/aromatic N) is 1. The molecular formula is C23H27ClFNO3. The Kier molecular flexibility index (Phi) is 6.81. The van der Waals surface area contributed by atoms with Crippen LogP contribution >= 0.6 is 11.6 Å². The van der Waals surface area contributed by atoms with Crippen LogP contribution < -0.4 is 4.74 Å². The minimum atomic E-state index is -0.741. The molecule has 1 saturated heterocycles. The molecule has 0 aliphatic carbocycles. The molecule has 0 spiro atoms. The summed E-state index contributed by atoms with van der Waals surface area (Å²) in [5, 5.41) is 0.201. The molecule has 2 aromatic carbocycles. The summed E-state index contributed by atoms with van der Waals surface area (Å²) in [7, 11) is 0. The van der Waals surface area contributed by atoms with Crippen molar-refractivity contribution in [3.05, 3.63) is 64.4 Å². The molecule has 1 fully saturated rings. The molecule has 0 unspecified atom stereocenters. The zero-order valence-corrected chi connectivity index (χ0v) is 17.8. The van der Waals surface area contributed by atoms with Gasteiger partial charge in [-0.05, 0) is 51.8 Å². The van der Waals surface area contributed by atoms with Crippen molar-refractivity contribution in [1.82, 2.24) is 4.90 Å². The molecule has 6 heteroatoms. The lowest BCUT2D eigenvalue weighted by Gasteiger charge is -2.33. The van der Waals surface area contributed by atoms with Crippen molar-refractivity contribution < 1.29 is 18.7 Å². The Bertz CT molecular complexity index is 851. The molecule has 29 heavy (non-hydrogen) atoms. The summed E-state index contributed by atoms with van der Waals surface area (Å²) < 4.78 is 25.8. The summed E-state index contributed by atoms with van der Waals surface area (Å²) >= 11 is 6.29. The third-order valence-electron chi connectivity index (χ3n) is 4.65. The van der Waals surface area contributed by atoms with Gasteiger partial charge in [-0.15, -0.1) is 0 Å². The summed E-state index contributed by atoms with van der Waals surface area (Å²) in [4.78, 5) is 14.5. The quantitative estimate of drug-likeness (QED) is 0.602. The highest BCUT2D eigenvalue weighted by Crippen LogP contribution is 2.31. The monoisotopic (exact) mass is 419 g/mol. The topological polar surface area (TPSA) is 38.8 Å². The molecule has 1 aliphatic rings. The van der Waals surface area contributed by atoms with Crippen LogP contribution in [0.2, 0.25) is 5.02 Å². The second-order valence-electron chi connectivity index (χ2n) is 8.37. The maximum absolute atomic E-state index is 14.5. The average molecular weight is 420 g/mol. The van der Waals surface area contributed by atoms with Gasteiger partial charge in [0.05, 0.1) is 10.6 Å². The van der Waals surface area contributed by atoms with E-state index >= 15 is 0 Å². The van der Waals surface area contributed by atoms with Crippen LogP contribution in [0.4, 0.5) is 4.39 Å². The molecule has 0 bridgehead atoms. The summed E-state index contributed by atoms with van der Waals surface area (Å²) in [6.07, 6.45) is 1.78. The Labute approximate surface area is 176 Å². The van der Waals surface area contributed by atoms with Crippen LogP contribution in [-0.4, -0.2) is 35.7 Å². The van der Waals surface area contributed by atoms with Crippen molar-refractivity contribution >= 4 is 17.6 Å². The fraction of sp³-hybridized carbons (Fsp3) is 0.435. The zero-order valence-electron chi connectivity index (χ0n) is 17.1. The Balaban J connectivity index is 1.66. The van der Waals surface area contributed by atoms with Crippen molar-refractivity contribution in [3.63, 3.8) is 0 Å². The van der Waals surface area contributed by atoms with Crippen LogP contribution in [0.25, 0.3) is 0 Å². The van der Waals surface area contributed by atoms with Crippen LogP contribution in [0.15, 0.2) is 42.5 Å². The molecule has 1 heterocycles. The average Bonchev–Trinajstić information content (AvgIpc) is 2.64. The van der Waals surface area contributed by atoms with Crippen LogP contribution in [0.1, 0.15) is 49.5 Å². The number of rotatable bonds is 5. The second kappa shape index (κ2) is 9.14. The number of hydrogen-bond acceptors (Lipinski definition) is 4. The predicted molar refractivity (Wildman–Crippen MR) is 112 cm³/mol. The molecule has 0 saturated carbocycles. The smallest absolute Gasteiger partial charge is 0.341 e. The highest BCUT2D eigenvalue weighted by Gasteiger charge is 2.25. The van der Waals surface area contributed by atoms with E-state index < -0.39 is 17.4 Å². The van der Waals surface area contributed by atoms with Gasteiger partial charge >= 0.3 is 5.97 Å². The van der Waals surface area contributed by atoms with E-state index in [2.05, 4.69) is 17.0 Å². The SMILES string of the molecule is CC(C)(C)OC(=O)c1cc(Cl)c(O[C@@H]2CCCN(Cc3ccccc3)C2)cc1F. The molecule has 0 amide bonds. The molecule has 3 rings (SSSR count). The van der Waals surface area contributed by atoms with E-state index in [9.17, 15) is 9.18 Å². The number of esters is 1. The van der Waals surface area contributed by atoms with Gasteiger partial charge in [-0.2, -0.15) is 0 Å². The lowest BCUT2D eigenvalue weighted by molar-refractivity contribution is 0.00646. The number of benzene rings is 2. The maximum atomic E-state index is 14.5. The number of carbonyl (C=O) groups is 1. The van der Waals surface area contributed by atoms with Crippen LogP contribution in [0, 0.1) is 5.82 Å². The van der Waals surface area contributed by atoms with Gasteiger partial charge in [0, 0.05) is 19.2 Å². The van der Waals surface area contributed by atoms with Gasteiger partial charge < -0.3 is 9.47 Å². The minimum absolute atomic E-state index is 0.0864. The van der Waals surface area contributed by atoms with Gasteiger partial charge in [0.2, 0.25) is 0 Å². The predicted octanol–water partition coefficient (Wildman–Crippen LogP) is 5.48. The summed E-state index contributed by atoms with van der Waals surface area (Å²) in [6, 6.07) is 12.7. The molecule has 4 nitrogen and oxygen atoms in total. The first-order chi connectivity index (χ1) is 13.7. The molecule has 0 aromatic heterocycles. The van der Waals surface area contributed by atoms with E-state index in [0.717, 1.165) is 32.5 Å². The number of carbonyl (C=O) groups excluding carboxylic acids is 1. The van der Waals surface area contributed by atoms with Crippen molar-refractivity contribution in [2.75, 3.05) is 13.1 Å². The van der Waals surface area contributed by atoms with E-state index in [1.54, 1.807) is 20.8 Å². The molecule has 1 atom stereocenters. The Morgan fingerprint density at radius 3 is 2.66 bits per heavy atom. The molecule has 156 valence electrons. The van der Waals surface area contributed by atoms with Crippen LogP contribution in [0.5, 0.6) is 5.75 Å². The Morgan fingerprint density at radius 2 is 1.97 bits per heavy atom. The normalized spacial score (nSPS) is 17.8. The van der Waals surface area contributed by atoms with E-state index in [-0.39, 0.29) is 22.4 Å². The first-order valence-electron chi connectivity index (χ1n) is 9.86. The molecule has 1 aliphatic heterocycles. The van der Waals surface area contributed by atoms with E-state index in [4.69, 9.17) is 21.1 Å². The van der Waals surface area contributed by atoms with Gasteiger partial charge in [-0.25, -0.2) is 9.18 Å². The van der Waals surface area contributed by atoms with E-state index in [1.165, 1.54) is 17.7 Å². The molecule has 0 radical (unpaired) electrons. The highest BCUT2D eigenvalue weighted by atomic mass is 35.5. The minimum Gasteiger partial charge on any atom is -0.487 e. The van der Waals surface area contributed by atoms with Gasteiger partial charge in [0.1, 0.15) is 23.3 Å². The van der Waals surface area contributed by atoms with Crippen molar-refractivity contribution in [2.45, 2.75) is 51.9 Å². The van der Waals surface area contributed by atoms with Gasteiger partial charge in [0.25, 0.3) is 0 Å². The maximum Gasteiger partial charge on any atom is 0.341 e. The van der Waals surface area contributed by atoms with Crippen LogP contribution in [0.3, 0.4) is 0 Å². The Morgan fingerprint density at radius 1 is 1.24 bits per heavy atom. The molecule has 2 aromatic rings. The third-order valence-corrected chi connectivity index (χ3v) is 4.94. The van der Waals surface area contributed by atoms with E-state index in [1.807, 2.05) is 18.2 Å². The summed E-state index contributed by atoms with van der Waals surface area (Å²) in [6.45, 7) is 7.76. The number of hydrogen-bond donors (Lipinski definition) is 0. The highest BCUT2D eigenvalue weighted by molar-refractivity contribution is 6.32. The second-order valence-corrected chi connectivity index (χ2v) is 8.77. The summed E-state index contributed by atoms with van der Waals surface area (Å²) in [5.74, 6) is -1.19. The fourth-order valence-electron chi connectivity index (χ4n) is 3.38. The third kappa shape index (κ3) is 6.18. The Hall–Kier alpha value is -2.11. The van der Waals surface area contributed by atoms with Gasteiger partial charge in [-0.3, -0.25) is 4.90 Å².